The molecule has 5 nitrogen and oxygen atoms in total. The van der Waals surface area contributed by atoms with E-state index in [2.05, 4.69) is 4.72 Å². The van der Waals surface area contributed by atoms with Gasteiger partial charge < -0.3 is 10.5 Å². The molecule has 1 fully saturated rings. The Labute approximate surface area is 120 Å². The van der Waals surface area contributed by atoms with Crippen molar-refractivity contribution in [2.45, 2.75) is 31.2 Å². The highest BCUT2D eigenvalue weighted by Gasteiger charge is 2.20. The van der Waals surface area contributed by atoms with E-state index in [-0.39, 0.29) is 0 Å². The zero-order valence-corrected chi connectivity index (χ0v) is 12.6. The molecule has 1 saturated heterocycles. The first-order valence-electron chi connectivity index (χ1n) is 6.90. The van der Waals surface area contributed by atoms with Crippen LogP contribution >= 0.6 is 0 Å². The molecule has 1 atom stereocenters. The van der Waals surface area contributed by atoms with Crippen LogP contribution in [0.25, 0.3) is 0 Å². The van der Waals surface area contributed by atoms with Crippen LogP contribution in [0.3, 0.4) is 0 Å². The van der Waals surface area contributed by atoms with Gasteiger partial charge in [-0.05, 0) is 42.9 Å². The molecule has 1 unspecified atom stereocenters. The maximum Gasteiger partial charge on any atom is 0.240 e. The van der Waals surface area contributed by atoms with Crippen LogP contribution in [0.1, 0.15) is 24.0 Å². The van der Waals surface area contributed by atoms with Crippen molar-refractivity contribution in [1.82, 2.24) is 4.72 Å². The van der Waals surface area contributed by atoms with Gasteiger partial charge in [0.05, 0.1) is 4.90 Å². The van der Waals surface area contributed by atoms with Gasteiger partial charge in [0.2, 0.25) is 10.0 Å². The Morgan fingerprint density at radius 1 is 1.45 bits per heavy atom. The number of sulfonamides is 1. The van der Waals surface area contributed by atoms with E-state index in [1.165, 1.54) is 0 Å². The lowest BCUT2D eigenvalue weighted by Gasteiger charge is -2.13. The molecule has 6 heteroatoms. The van der Waals surface area contributed by atoms with Crippen molar-refractivity contribution in [2.75, 3.05) is 19.8 Å². The SMILES string of the molecule is Cc1c(CN)cccc1S(=O)(=O)NCCC1CCOC1. The summed E-state index contributed by atoms with van der Waals surface area (Å²) in [6.07, 6.45) is 1.83. The Kier molecular flexibility index (Phi) is 5.15. The smallest absolute Gasteiger partial charge is 0.240 e. The fraction of sp³-hybridized carbons (Fsp3) is 0.571. The van der Waals surface area contributed by atoms with Crippen LogP contribution < -0.4 is 10.5 Å². The number of nitrogens with one attached hydrogen (secondary N) is 1. The van der Waals surface area contributed by atoms with Gasteiger partial charge in [-0.25, -0.2) is 13.1 Å². The number of rotatable bonds is 6. The molecular weight excluding hydrogens is 276 g/mol. The van der Waals surface area contributed by atoms with E-state index in [9.17, 15) is 8.42 Å². The number of benzene rings is 1. The molecule has 0 spiro atoms. The fourth-order valence-corrected chi connectivity index (χ4v) is 3.79. The number of hydrogen-bond donors (Lipinski definition) is 2. The lowest BCUT2D eigenvalue weighted by atomic mass is 10.1. The lowest BCUT2D eigenvalue weighted by Crippen LogP contribution is -2.27. The third-order valence-electron chi connectivity index (χ3n) is 3.77. The van der Waals surface area contributed by atoms with Crippen molar-refractivity contribution in [3.63, 3.8) is 0 Å². The predicted molar refractivity (Wildman–Crippen MR) is 77.8 cm³/mol. The average Bonchev–Trinajstić information content (AvgIpc) is 2.91. The third-order valence-corrected chi connectivity index (χ3v) is 5.38. The van der Waals surface area contributed by atoms with Crippen molar-refractivity contribution < 1.29 is 13.2 Å². The number of nitrogens with two attached hydrogens (primary N) is 1. The molecule has 0 aliphatic carbocycles. The van der Waals surface area contributed by atoms with Gasteiger partial charge in [0.15, 0.2) is 0 Å². The van der Waals surface area contributed by atoms with Crippen LogP contribution in [0.5, 0.6) is 0 Å². The Bertz CT molecular complexity index is 552. The molecule has 1 aliphatic heterocycles. The molecule has 0 saturated carbocycles. The van der Waals surface area contributed by atoms with Crippen molar-refractivity contribution >= 4 is 10.0 Å². The molecule has 0 amide bonds. The average molecular weight is 298 g/mol. The zero-order valence-electron chi connectivity index (χ0n) is 11.8. The van der Waals surface area contributed by atoms with Gasteiger partial charge >= 0.3 is 0 Å². The topological polar surface area (TPSA) is 81.4 Å². The van der Waals surface area contributed by atoms with E-state index >= 15 is 0 Å². The molecule has 1 aromatic rings. The molecule has 1 heterocycles. The van der Waals surface area contributed by atoms with Gasteiger partial charge in [0.1, 0.15) is 0 Å². The van der Waals surface area contributed by atoms with Gasteiger partial charge in [-0.1, -0.05) is 12.1 Å². The summed E-state index contributed by atoms with van der Waals surface area (Å²) in [4.78, 5) is 0.322. The minimum absolute atomic E-state index is 0.322. The monoisotopic (exact) mass is 298 g/mol. The predicted octanol–water partition coefficient (Wildman–Crippen LogP) is 1.16. The minimum Gasteiger partial charge on any atom is -0.381 e. The van der Waals surface area contributed by atoms with Crippen LogP contribution in [0.15, 0.2) is 23.1 Å². The molecule has 0 bridgehead atoms. The first-order chi connectivity index (χ1) is 9.54. The number of ether oxygens (including phenoxy) is 1. The van der Waals surface area contributed by atoms with Gasteiger partial charge in [0, 0.05) is 26.3 Å². The summed E-state index contributed by atoms with van der Waals surface area (Å²) in [6, 6.07) is 5.20. The molecule has 3 N–H and O–H groups in total. The fourth-order valence-electron chi connectivity index (χ4n) is 2.46. The normalized spacial score (nSPS) is 19.4. The highest BCUT2D eigenvalue weighted by atomic mass is 32.2. The van der Waals surface area contributed by atoms with Gasteiger partial charge in [-0.2, -0.15) is 0 Å². The first kappa shape index (κ1) is 15.4. The van der Waals surface area contributed by atoms with Gasteiger partial charge in [-0.15, -0.1) is 0 Å². The van der Waals surface area contributed by atoms with E-state index < -0.39 is 10.0 Å². The van der Waals surface area contributed by atoms with Crippen molar-refractivity contribution in [1.29, 1.82) is 0 Å². The number of hydrogen-bond acceptors (Lipinski definition) is 4. The van der Waals surface area contributed by atoms with Crippen LogP contribution in [-0.4, -0.2) is 28.2 Å². The Hall–Kier alpha value is -0.950. The molecule has 1 aliphatic rings. The lowest BCUT2D eigenvalue weighted by molar-refractivity contribution is 0.184. The summed E-state index contributed by atoms with van der Waals surface area (Å²) >= 11 is 0. The Morgan fingerprint density at radius 3 is 2.90 bits per heavy atom. The van der Waals surface area contributed by atoms with E-state index in [1.54, 1.807) is 19.1 Å². The maximum atomic E-state index is 12.3. The first-order valence-corrected chi connectivity index (χ1v) is 8.39. The summed E-state index contributed by atoms with van der Waals surface area (Å²) in [7, 11) is -3.46. The summed E-state index contributed by atoms with van der Waals surface area (Å²) in [5.74, 6) is 0.467. The van der Waals surface area contributed by atoms with Crippen molar-refractivity contribution in [3.8, 4) is 0 Å². The van der Waals surface area contributed by atoms with E-state index in [0.29, 0.717) is 23.9 Å². The molecule has 1 aromatic carbocycles. The summed E-state index contributed by atoms with van der Waals surface area (Å²) in [5, 5.41) is 0. The Morgan fingerprint density at radius 2 is 2.25 bits per heavy atom. The van der Waals surface area contributed by atoms with Crippen LogP contribution in [0.2, 0.25) is 0 Å². The van der Waals surface area contributed by atoms with Crippen LogP contribution in [0.4, 0.5) is 0 Å². The van der Waals surface area contributed by atoms with Crippen LogP contribution in [-0.2, 0) is 21.3 Å². The van der Waals surface area contributed by atoms with Crippen molar-refractivity contribution in [3.05, 3.63) is 29.3 Å². The summed E-state index contributed by atoms with van der Waals surface area (Å²) in [6.45, 7) is 4.11. The van der Waals surface area contributed by atoms with Gasteiger partial charge in [-0.3, -0.25) is 0 Å². The maximum absolute atomic E-state index is 12.3. The molecular formula is C14H22N2O3S. The van der Waals surface area contributed by atoms with E-state index in [0.717, 1.165) is 37.2 Å². The summed E-state index contributed by atoms with van der Waals surface area (Å²) < 4.78 is 32.6. The standard InChI is InChI=1S/C14H22N2O3S/c1-11-13(9-15)3-2-4-14(11)20(17,18)16-7-5-12-6-8-19-10-12/h2-4,12,16H,5-10,15H2,1H3. The Balaban J connectivity index is 2.02. The van der Waals surface area contributed by atoms with E-state index in [4.69, 9.17) is 10.5 Å². The second-order valence-electron chi connectivity index (χ2n) is 5.16. The van der Waals surface area contributed by atoms with Crippen LogP contribution in [0, 0.1) is 12.8 Å². The molecule has 112 valence electrons. The quantitative estimate of drug-likeness (QED) is 0.825. The highest BCUT2D eigenvalue weighted by molar-refractivity contribution is 7.89. The van der Waals surface area contributed by atoms with Gasteiger partial charge in [0.25, 0.3) is 0 Å². The second kappa shape index (κ2) is 6.67. The third kappa shape index (κ3) is 3.58. The van der Waals surface area contributed by atoms with Crippen molar-refractivity contribution in [2.24, 2.45) is 11.7 Å². The molecule has 2 rings (SSSR count). The van der Waals surface area contributed by atoms with E-state index in [1.807, 2.05) is 6.07 Å². The molecule has 0 radical (unpaired) electrons. The largest absolute Gasteiger partial charge is 0.381 e. The molecule has 0 aromatic heterocycles. The second-order valence-corrected chi connectivity index (χ2v) is 6.90. The highest BCUT2D eigenvalue weighted by Crippen LogP contribution is 2.19. The summed E-state index contributed by atoms with van der Waals surface area (Å²) in [5.41, 5.74) is 7.20. The molecule has 20 heavy (non-hydrogen) atoms. The minimum atomic E-state index is -3.46. The zero-order chi connectivity index (χ0) is 14.6.